The highest BCUT2D eigenvalue weighted by molar-refractivity contribution is 5.26. The molecule has 0 N–H and O–H groups in total. The van der Waals surface area contributed by atoms with Gasteiger partial charge >= 0.3 is 71.3 Å². The van der Waals surface area contributed by atoms with Gasteiger partial charge in [0.2, 0.25) is 0 Å². The zero-order valence-electron chi connectivity index (χ0n) is 18.8. The van der Waals surface area contributed by atoms with Crippen LogP contribution in [0.5, 0.6) is 0 Å². The van der Waals surface area contributed by atoms with Crippen molar-refractivity contribution in [1.29, 1.82) is 0 Å². The predicted octanol–water partition coefficient (Wildman–Crippen LogP) is 9.69. The summed E-state index contributed by atoms with van der Waals surface area (Å²) in [5.74, 6) is -98.3. The molecule has 1 rings (SSSR count). The first-order chi connectivity index (χ1) is 18.4. The number of halogens is 25. The first-order valence-corrected chi connectivity index (χ1v) is 9.64. The highest BCUT2D eigenvalue weighted by Gasteiger charge is 2.99. The molecule has 1 aromatic carbocycles. The van der Waals surface area contributed by atoms with Crippen molar-refractivity contribution in [3.63, 3.8) is 0 Å². The molecule has 0 spiro atoms. The molecule has 252 valence electrons. The number of benzene rings is 1. The average Bonchev–Trinajstić information content (AvgIpc) is 2.82. The highest BCUT2D eigenvalue weighted by Crippen LogP contribution is 2.68. The molecule has 0 radical (unpaired) electrons. The Morgan fingerprint density at radius 1 is 0.256 bits per heavy atom. The van der Waals surface area contributed by atoms with Gasteiger partial charge in [-0.05, 0) is 0 Å². The predicted molar refractivity (Wildman–Crippen MR) is 85.9 cm³/mol. The van der Waals surface area contributed by atoms with Crippen molar-refractivity contribution in [2.45, 2.75) is 71.3 Å². The van der Waals surface area contributed by atoms with Crippen LogP contribution < -0.4 is 0 Å². The molecular formula is C18H5F25. The molecule has 25 heteroatoms. The summed E-state index contributed by atoms with van der Waals surface area (Å²) in [6.45, 7) is 0. The quantitative estimate of drug-likeness (QED) is 0.202. The molecule has 1 aromatic rings. The van der Waals surface area contributed by atoms with Gasteiger partial charge < -0.3 is 0 Å². The zero-order valence-corrected chi connectivity index (χ0v) is 18.8. The van der Waals surface area contributed by atoms with Crippen LogP contribution in [0.4, 0.5) is 110 Å². The minimum absolute atomic E-state index is 0.249. The van der Waals surface area contributed by atoms with E-state index in [1.165, 1.54) is 0 Å². The molecule has 43 heavy (non-hydrogen) atoms. The van der Waals surface area contributed by atoms with Gasteiger partial charge in [-0.3, -0.25) is 0 Å². The molecule has 0 bridgehead atoms. The van der Waals surface area contributed by atoms with E-state index in [1.54, 1.807) is 0 Å². The molecule has 0 aliphatic rings. The lowest BCUT2D eigenvalue weighted by molar-refractivity contribution is -0.482. The molecule has 0 saturated carbocycles. The fourth-order valence-corrected chi connectivity index (χ4v) is 2.78. The van der Waals surface area contributed by atoms with E-state index in [4.69, 9.17) is 0 Å². The first kappa shape index (κ1) is 38.5. The van der Waals surface area contributed by atoms with E-state index >= 15 is 0 Å². The van der Waals surface area contributed by atoms with Gasteiger partial charge in [0.05, 0.1) is 0 Å². The topological polar surface area (TPSA) is 0 Å². The maximum Gasteiger partial charge on any atom is 0.460 e. The van der Waals surface area contributed by atoms with Crippen LogP contribution >= 0.6 is 0 Å². The third-order valence-electron chi connectivity index (χ3n) is 5.44. The van der Waals surface area contributed by atoms with Gasteiger partial charge in [0.15, 0.2) is 0 Å². The molecule has 0 aliphatic carbocycles. The monoisotopic (exact) mass is 696 g/mol. The molecule has 0 unspecified atom stereocenters. The number of hydrogen-bond donors (Lipinski definition) is 0. The Morgan fingerprint density at radius 2 is 0.465 bits per heavy atom. The van der Waals surface area contributed by atoms with Crippen LogP contribution in [-0.4, -0.2) is 65.4 Å². The van der Waals surface area contributed by atoms with Gasteiger partial charge in [0.25, 0.3) is 0 Å². The Labute approximate surface area is 218 Å². The Balaban J connectivity index is 3.90. The molecular weight excluding hydrogens is 691 g/mol. The van der Waals surface area contributed by atoms with Crippen LogP contribution in [0.25, 0.3) is 0 Å². The molecule has 0 heterocycles. The van der Waals surface area contributed by atoms with Gasteiger partial charge in [-0.15, -0.1) is 0 Å². The third-order valence-corrected chi connectivity index (χ3v) is 5.44. The fraction of sp³-hybridized carbons (Fsp3) is 0.667. The van der Waals surface area contributed by atoms with Crippen molar-refractivity contribution in [3.05, 3.63) is 35.9 Å². The normalized spacial score (nSPS) is 16.5. The second-order valence-corrected chi connectivity index (χ2v) is 8.18. The van der Waals surface area contributed by atoms with Gasteiger partial charge in [-0.2, -0.15) is 110 Å². The van der Waals surface area contributed by atoms with Crippen molar-refractivity contribution in [2.75, 3.05) is 0 Å². The van der Waals surface area contributed by atoms with Gasteiger partial charge in [0.1, 0.15) is 0 Å². The van der Waals surface area contributed by atoms with Crippen LogP contribution in [-0.2, 0) is 5.92 Å². The lowest BCUT2D eigenvalue weighted by Gasteiger charge is -2.45. The van der Waals surface area contributed by atoms with E-state index in [0.717, 1.165) is 0 Å². The van der Waals surface area contributed by atoms with Crippen molar-refractivity contribution in [2.24, 2.45) is 0 Å². The zero-order chi connectivity index (χ0) is 35.1. The number of rotatable bonds is 11. The van der Waals surface area contributed by atoms with Crippen molar-refractivity contribution in [3.8, 4) is 0 Å². The lowest BCUT2D eigenvalue weighted by Crippen LogP contribution is -2.78. The highest BCUT2D eigenvalue weighted by atomic mass is 19.4. The Bertz CT molecular complexity index is 1140. The van der Waals surface area contributed by atoms with E-state index in [1.807, 2.05) is 0 Å². The summed E-state index contributed by atoms with van der Waals surface area (Å²) < 4.78 is 335. The van der Waals surface area contributed by atoms with Crippen molar-refractivity contribution in [1.82, 2.24) is 0 Å². The third kappa shape index (κ3) is 4.54. The maximum atomic E-state index is 14.0. The molecule has 0 aromatic heterocycles. The summed E-state index contributed by atoms with van der Waals surface area (Å²) in [6.07, 6.45) is -8.16. The van der Waals surface area contributed by atoms with Crippen LogP contribution in [0.1, 0.15) is 5.56 Å². The second kappa shape index (κ2) is 9.73. The summed E-state index contributed by atoms with van der Waals surface area (Å²) in [5.41, 5.74) is -2.52. The molecule has 0 atom stereocenters. The van der Waals surface area contributed by atoms with E-state index < -0.39 is 76.9 Å². The van der Waals surface area contributed by atoms with Crippen LogP contribution in [0.2, 0.25) is 0 Å². The molecule has 0 nitrogen and oxygen atoms in total. The van der Waals surface area contributed by atoms with Crippen LogP contribution in [0.15, 0.2) is 30.3 Å². The second-order valence-electron chi connectivity index (χ2n) is 8.18. The summed E-state index contributed by atoms with van der Waals surface area (Å²) >= 11 is 0. The van der Waals surface area contributed by atoms with Gasteiger partial charge in [-0.1, -0.05) is 30.3 Å². The largest absolute Gasteiger partial charge is 0.460 e. The standard InChI is InChI=1S/C18H5F25/c19-7(20,6-4-2-1-3-5-6)8(21,22)9(23,24)10(25,26)11(27,28)12(29,30)13(31,32)14(33,34)15(35,36)16(37,38)17(39,40)18(41,42)43/h1-5H. The van der Waals surface area contributed by atoms with Crippen molar-refractivity contribution >= 4 is 0 Å². The lowest BCUT2D eigenvalue weighted by atomic mass is 9.84. The fourth-order valence-electron chi connectivity index (χ4n) is 2.78. The number of hydrogen-bond acceptors (Lipinski definition) is 0. The Morgan fingerprint density at radius 3 is 0.698 bits per heavy atom. The molecule has 0 saturated heterocycles. The van der Waals surface area contributed by atoms with Gasteiger partial charge in [-0.25, -0.2) is 0 Å². The minimum Gasteiger partial charge on any atom is -0.194 e. The summed E-state index contributed by atoms with van der Waals surface area (Å²) in [5, 5.41) is 0. The van der Waals surface area contributed by atoms with Crippen molar-refractivity contribution < 1.29 is 110 Å². The number of alkyl halides is 25. The summed E-state index contributed by atoms with van der Waals surface area (Å²) in [6, 6.07) is 0.467. The van der Waals surface area contributed by atoms with Gasteiger partial charge in [0, 0.05) is 5.56 Å². The van der Waals surface area contributed by atoms with E-state index in [0.29, 0.717) is 6.07 Å². The van der Waals surface area contributed by atoms with Crippen LogP contribution in [0.3, 0.4) is 0 Å². The minimum atomic E-state index is -9.59. The summed E-state index contributed by atoms with van der Waals surface area (Å²) in [7, 11) is 0. The Hall–Kier alpha value is -2.53. The van der Waals surface area contributed by atoms with Crippen LogP contribution in [0, 0.1) is 0 Å². The smallest absolute Gasteiger partial charge is 0.194 e. The molecule has 0 amide bonds. The van der Waals surface area contributed by atoms with E-state index in [9.17, 15) is 110 Å². The molecule has 0 aliphatic heterocycles. The maximum absolute atomic E-state index is 14.0. The SMILES string of the molecule is FC(F)(F)C(F)(F)C(F)(F)C(F)(F)C(F)(F)C(F)(F)C(F)(F)C(F)(F)C(F)(F)C(F)(F)C(F)(F)C(F)(F)c1ccccc1. The van der Waals surface area contributed by atoms with E-state index in [-0.39, 0.29) is 24.3 Å². The molecule has 0 fully saturated rings. The average molecular weight is 696 g/mol. The first-order valence-electron chi connectivity index (χ1n) is 9.64. The van der Waals surface area contributed by atoms with E-state index in [2.05, 4.69) is 0 Å². The Kier molecular flexibility index (Phi) is 8.71. The summed E-state index contributed by atoms with van der Waals surface area (Å²) in [4.78, 5) is 0.